The van der Waals surface area contributed by atoms with Gasteiger partial charge in [0, 0.05) is 12.3 Å². The van der Waals surface area contributed by atoms with E-state index in [0.29, 0.717) is 11.6 Å². The minimum atomic E-state index is -1.06. The van der Waals surface area contributed by atoms with E-state index in [2.05, 4.69) is 15.9 Å². The first kappa shape index (κ1) is 19.7. The van der Waals surface area contributed by atoms with Crippen LogP contribution in [0.2, 0.25) is 0 Å². The fourth-order valence-corrected chi connectivity index (χ4v) is 3.23. The van der Waals surface area contributed by atoms with E-state index in [-0.39, 0.29) is 22.4 Å². The number of nitrogens with two attached hydrogens (primary N) is 1. The van der Waals surface area contributed by atoms with E-state index in [0.717, 1.165) is 17.0 Å². The summed E-state index contributed by atoms with van der Waals surface area (Å²) in [6, 6.07) is 8.67. The number of carbonyl (C=O) groups is 1. The highest BCUT2D eigenvalue weighted by molar-refractivity contribution is 9.10. The molecule has 0 fully saturated rings. The Hall–Kier alpha value is -3.07. The number of hydrogen-bond acceptors (Lipinski definition) is 2. The topological polar surface area (TPSA) is 68.3 Å². The first-order chi connectivity index (χ1) is 13.3. The maximum absolute atomic E-state index is 14.2. The first-order valence-corrected chi connectivity index (χ1v) is 8.75. The fourth-order valence-electron chi connectivity index (χ4n) is 2.70. The smallest absolute Gasteiger partial charge is 0.324 e. The lowest BCUT2D eigenvalue weighted by Gasteiger charge is -2.22. The minimum Gasteiger partial charge on any atom is -0.351 e. The number of pyridine rings is 1. The van der Waals surface area contributed by atoms with Crippen LogP contribution in [0.3, 0.4) is 0 Å². The number of primary amides is 1. The number of benzene rings is 2. The molecule has 0 aliphatic carbocycles. The number of urea groups is 1. The number of nitrogens with zero attached hydrogens (tertiary/aromatic N) is 2. The molecular formula is C19H13BrF3N3O2. The van der Waals surface area contributed by atoms with Crippen molar-refractivity contribution in [3.63, 3.8) is 0 Å². The average Bonchev–Trinajstić information content (AvgIpc) is 2.62. The van der Waals surface area contributed by atoms with Crippen LogP contribution in [-0.4, -0.2) is 10.6 Å². The van der Waals surface area contributed by atoms with E-state index in [9.17, 15) is 22.8 Å². The Bertz CT molecular complexity index is 1120. The number of hydrogen-bond donors (Lipinski definition) is 1. The lowest BCUT2D eigenvalue weighted by molar-refractivity contribution is 0.256. The molecule has 0 saturated heterocycles. The third-order valence-electron chi connectivity index (χ3n) is 3.94. The van der Waals surface area contributed by atoms with Crippen LogP contribution in [-0.2, 0) is 6.54 Å². The van der Waals surface area contributed by atoms with Gasteiger partial charge in [0.05, 0.1) is 17.9 Å². The molecule has 0 aliphatic heterocycles. The molecule has 0 bridgehead atoms. The Morgan fingerprint density at radius 1 is 1.04 bits per heavy atom. The van der Waals surface area contributed by atoms with E-state index in [1.54, 1.807) is 6.07 Å². The molecule has 2 N–H and O–H groups in total. The second kappa shape index (κ2) is 7.89. The van der Waals surface area contributed by atoms with Gasteiger partial charge in [0.15, 0.2) is 0 Å². The normalized spacial score (nSPS) is 10.7. The number of halogens is 4. The summed E-state index contributed by atoms with van der Waals surface area (Å²) in [5.74, 6) is -2.28. The van der Waals surface area contributed by atoms with Gasteiger partial charge in [-0.2, -0.15) is 0 Å². The van der Waals surface area contributed by atoms with Gasteiger partial charge in [-0.15, -0.1) is 0 Å². The maximum Gasteiger partial charge on any atom is 0.324 e. The number of carbonyl (C=O) groups excluding carboxylic acids is 1. The Morgan fingerprint density at radius 2 is 1.75 bits per heavy atom. The number of rotatable bonds is 4. The highest BCUT2D eigenvalue weighted by atomic mass is 79.9. The fraction of sp³-hybridized carbons (Fsp3) is 0.0526. The van der Waals surface area contributed by atoms with Gasteiger partial charge < -0.3 is 10.3 Å². The predicted octanol–water partition coefficient (Wildman–Crippen LogP) is 4.29. The zero-order valence-electron chi connectivity index (χ0n) is 14.2. The predicted molar refractivity (Wildman–Crippen MR) is 102 cm³/mol. The van der Waals surface area contributed by atoms with E-state index in [1.165, 1.54) is 35.0 Å². The van der Waals surface area contributed by atoms with Crippen LogP contribution in [0.15, 0.2) is 64.0 Å². The maximum atomic E-state index is 14.2. The van der Waals surface area contributed by atoms with E-state index in [1.807, 2.05) is 0 Å². The van der Waals surface area contributed by atoms with Gasteiger partial charge in [0.25, 0.3) is 5.56 Å². The van der Waals surface area contributed by atoms with Crippen LogP contribution >= 0.6 is 15.9 Å². The highest BCUT2D eigenvalue weighted by Crippen LogP contribution is 2.32. The summed E-state index contributed by atoms with van der Waals surface area (Å²) in [5, 5.41) is 0. The molecule has 3 rings (SSSR count). The highest BCUT2D eigenvalue weighted by Gasteiger charge is 2.23. The van der Waals surface area contributed by atoms with E-state index >= 15 is 0 Å². The van der Waals surface area contributed by atoms with Gasteiger partial charge >= 0.3 is 6.03 Å². The molecule has 1 aromatic heterocycles. The average molecular weight is 452 g/mol. The largest absolute Gasteiger partial charge is 0.351 e. The minimum absolute atomic E-state index is 0.0153. The van der Waals surface area contributed by atoms with E-state index < -0.39 is 29.0 Å². The third-order valence-corrected chi connectivity index (χ3v) is 4.69. The number of amides is 2. The lowest BCUT2D eigenvalue weighted by Crippen LogP contribution is -2.34. The summed E-state index contributed by atoms with van der Waals surface area (Å²) < 4.78 is 41.9. The van der Waals surface area contributed by atoms with Crippen molar-refractivity contribution in [2.75, 3.05) is 4.90 Å². The Morgan fingerprint density at radius 3 is 2.39 bits per heavy atom. The SMILES string of the molecule is NC(=O)N(c1ccc(F)cc1F)c1ccn(Cc2cccc(F)c2)c(=O)c1Br. The Labute approximate surface area is 165 Å². The number of aromatic nitrogens is 1. The van der Waals surface area contributed by atoms with Crippen molar-refractivity contribution >= 4 is 33.3 Å². The first-order valence-electron chi connectivity index (χ1n) is 7.96. The molecule has 144 valence electrons. The van der Waals surface area contributed by atoms with Crippen LogP contribution in [0.5, 0.6) is 0 Å². The molecule has 2 aromatic carbocycles. The molecule has 9 heteroatoms. The summed E-state index contributed by atoms with van der Waals surface area (Å²) in [6.07, 6.45) is 1.37. The number of anilines is 2. The molecule has 1 heterocycles. The zero-order valence-corrected chi connectivity index (χ0v) is 15.8. The molecule has 0 aliphatic rings. The molecule has 0 saturated carbocycles. The molecule has 0 spiro atoms. The Kier molecular flexibility index (Phi) is 5.55. The van der Waals surface area contributed by atoms with Crippen molar-refractivity contribution in [2.24, 2.45) is 5.73 Å². The van der Waals surface area contributed by atoms with Crippen LogP contribution in [0.25, 0.3) is 0 Å². The molecule has 5 nitrogen and oxygen atoms in total. The van der Waals surface area contributed by atoms with Crippen molar-refractivity contribution in [3.8, 4) is 0 Å². The third kappa shape index (κ3) is 3.94. The van der Waals surface area contributed by atoms with Crippen LogP contribution < -0.4 is 16.2 Å². The standard InChI is InChI=1S/C19H13BrF3N3O2/c20-17-16(26(19(24)28)15-5-4-13(22)9-14(15)23)6-7-25(18(17)27)10-11-2-1-3-12(21)8-11/h1-9H,10H2,(H2,24,28). The van der Waals surface area contributed by atoms with Gasteiger partial charge in [-0.25, -0.2) is 18.0 Å². The Balaban J connectivity index is 2.05. The summed E-state index contributed by atoms with van der Waals surface area (Å²) in [7, 11) is 0. The van der Waals surface area contributed by atoms with Crippen molar-refractivity contribution in [1.29, 1.82) is 0 Å². The van der Waals surface area contributed by atoms with Crippen molar-refractivity contribution in [3.05, 3.63) is 92.6 Å². The van der Waals surface area contributed by atoms with Crippen LogP contribution in [0.1, 0.15) is 5.56 Å². The van der Waals surface area contributed by atoms with E-state index in [4.69, 9.17) is 5.73 Å². The molecule has 3 aromatic rings. The van der Waals surface area contributed by atoms with Crippen LogP contribution in [0, 0.1) is 17.5 Å². The molecule has 0 atom stereocenters. The second-order valence-corrected chi connectivity index (χ2v) is 6.64. The summed E-state index contributed by atoms with van der Waals surface area (Å²) in [5.41, 5.74) is 5.04. The molecular weight excluding hydrogens is 439 g/mol. The zero-order chi connectivity index (χ0) is 20.4. The van der Waals surface area contributed by atoms with Crippen molar-refractivity contribution < 1.29 is 18.0 Å². The summed E-state index contributed by atoms with van der Waals surface area (Å²) in [4.78, 5) is 25.4. The van der Waals surface area contributed by atoms with Gasteiger partial charge in [-0.3, -0.25) is 9.69 Å². The molecule has 28 heavy (non-hydrogen) atoms. The summed E-state index contributed by atoms with van der Waals surface area (Å²) >= 11 is 3.11. The molecule has 0 unspecified atom stereocenters. The lowest BCUT2D eigenvalue weighted by atomic mass is 10.2. The van der Waals surface area contributed by atoms with Crippen molar-refractivity contribution in [2.45, 2.75) is 6.54 Å². The van der Waals surface area contributed by atoms with Crippen molar-refractivity contribution in [1.82, 2.24) is 4.57 Å². The van der Waals surface area contributed by atoms with Gasteiger partial charge in [-0.1, -0.05) is 12.1 Å². The van der Waals surface area contributed by atoms with Crippen LogP contribution in [0.4, 0.5) is 29.3 Å². The van der Waals surface area contributed by atoms with Gasteiger partial charge in [0.1, 0.15) is 21.9 Å². The molecule has 2 amide bonds. The second-order valence-electron chi connectivity index (χ2n) is 5.85. The summed E-state index contributed by atoms with van der Waals surface area (Å²) in [6.45, 7) is 0.0803. The quantitative estimate of drug-likeness (QED) is 0.642. The molecule has 0 radical (unpaired) electrons. The monoisotopic (exact) mass is 451 g/mol. The van der Waals surface area contributed by atoms with Gasteiger partial charge in [-0.05, 0) is 51.8 Å². The van der Waals surface area contributed by atoms with Gasteiger partial charge in [0.2, 0.25) is 0 Å².